The topological polar surface area (TPSA) is 70.3 Å². The quantitative estimate of drug-likeness (QED) is 0.928. The van der Waals surface area contributed by atoms with Gasteiger partial charge in [-0.25, -0.2) is 4.98 Å². The maximum Gasteiger partial charge on any atom is 0.242 e. The molecule has 3 rings (SSSR count). The highest BCUT2D eigenvalue weighted by atomic mass is 16.5. The lowest BCUT2D eigenvalue weighted by Crippen LogP contribution is -2.24. The predicted molar refractivity (Wildman–Crippen MR) is 74.9 cm³/mol. The lowest BCUT2D eigenvalue weighted by atomic mass is 10.0. The molecule has 1 aromatic heterocycles. The molecule has 1 aliphatic heterocycles. The number of nitrogens with two attached hydrogens (primary N) is 1. The van der Waals surface area contributed by atoms with Crippen molar-refractivity contribution in [2.75, 3.05) is 0 Å². The van der Waals surface area contributed by atoms with Gasteiger partial charge in [0.05, 0.1) is 0 Å². The van der Waals surface area contributed by atoms with Gasteiger partial charge in [0.15, 0.2) is 11.5 Å². The Morgan fingerprint density at radius 1 is 1.30 bits per heavy atom. The number of para-hydroxylation sites is 1. The standard InChI is InChI=1S/C15H17N3O2/c1-15(2)8-10-4-3-5-12(13(10)20-15)19-14-11(9-16)17-6-7-18-14/h3-7H,8-9,16H2,1-2H3. The summed E-state index contributed by atoms with van der Waals surface area (Å²) >= 11 is 0. The van der Waals surface area contributed by atoms with E-state index in [1.54, 1.807) is 12.4 Å². The Morgan fingerprint density at radius 2 is 2.10 bits per heavy atom. The summed E-state index contributed by atoms with van der Waals surface area (Å²) in [5.74, 6) is 1.87. The summed E-state index contributed by atoms with van der Waals surface area (Å²) in [5.41, 5.74) is 7.21. The van der Waals surface area contributed by atoms with Crippen LogP contribution in [0, 0.1) is 0 Å². The molecular formula is C15H17N3O2. The molecule has 0 saturated carbocycles. The van der Waals surface area contributed by atoms with E-state index in [1.165, 1.54) is 0 Å². The molecular weight excluding hydrogens is 254 g/mol. The molecule has 5 nitrogen and oxygen atoms in total. The molecule has 2 N–H and O–H groups in total. The summed E-state index contributed by atoms with van der Waals surface area (Å²) in [6.07, 6.45) is 4.05. The number of benzene rings is 1. The Labute approximate surface area is 117 Å². The van der Waals surface area contributed by atoms with E-state index in [1.807, 2.05) is 12.1 Å². The van der Waals surface area contributed by atoms with Crippen molar-refractivity contribution in [1.29, 1.82) is 0 Å². The minimum absolute atomic E-state index is 0.207. The Morgan fingerprint density at radius 3 is 2.90 bits per heavy atom. The van der Waals surface area contributed by atoms with Crippen LogP contribution < -0.4 is 15.2 Å². The van der Waals surface area contributed by atoms with E-state index in [4.69, 9.17) is 15.2 Å². The third-order valence-electron chi connectivity index (χ3n) is 3.19. The van der Waals surface area contributed by atoms with Crippen LogP contribution in [0.5, 0.6) is 17.4 Å². The van der Waals surface area contributed by atoms with Gasteiger partial charge in [-0.1, -0.05) is 12.1 Å². The number of rotatable bonds is 3. The number of fused-ring (bicyclic) bond motifs is 1. The molecule has 20 heavy (non-hydrogen) atoms. The van der Waals surface area contributed by atoms with Crippen molar-refractivity contribution >= 4 is 0 Å². The van der Waals surface area contributed by atoms with Gasteiger partial charge in [0.1, 0.15) is 11.3 Å². The molecule has 1 aliphatic rings. The lowest BCUT2D eigenvalue weighted by molar-refractivity contribution is 0.135. The highest BCUT2D eigenvalue weighted by Crippen LogP contribution is 2.43. The molecule has 0 spiro atoms. The largest absolute Gasteiger partial charge is 0.483 e. The minimum atomic E-state index is -0.207. The van der Waals surface area contributed by atoms with Gasteiger partial charge in [0.2, 0.25) is 5.88 Å². The first-order chi connectivity index (χ1) is 9.59. The first-order valence-corrected chi connectivity index (χ1v) is 6.58. The zero-order valence-corrected chi connectivity index (χ0v) is 11.6. The molecule has 104 valence electrons. The van der Waals surface area contributed by atoms with Crippen LogP contribution in [0.25, 0.3) is 0 Å². The van der Waals surface area contributed by atoms with Crippen LogP contribution >= 0.6 is 0 Å². The Balaban J connectivity index is 1.96. The fourth-order valence-corrected chi connectivity index (χ4v) is 2.35. The predicted octanol–water partition coefficient (Wildman–Crippen LogP) is 2.44. The summed E-state index contributed by atoms with van der Waals surface area (Å²) in [7, 11) is 0. The van der Waals surface area contributed by atoms with E-state index >= 15 is 0 Å². The van der Waals surface area contributed by atoms with Crippen molar-refractivity contribution in [1.82, 2.24) is 9.97 Å². The maximum atomic E-state index is 5.97. The van der Waals surface area contributed by atoms with Crippen molar-refractivity contribution in [2.24, 2.45) is 5.73 Å². The second kappa shape index (κ2) is 4.76. The van der Waals surface area contributed by atoms with Gasteiger partial charge in [0, 0.05) is 30.9 Å². The number of nitrogens with zero attached hydrogens (tertiary/aromatic N) is 2. The summed E-state index contributed by atoms with van der Waals surface area (Å²) in [4.78, 5) is 8.35. The Kier molecular flexibility index (Phi) is 3.06. The third-order valence-corrected chi connectivity index (χ3v) is 3.19. The summed E-state index contributed by atoms with van der Waals surface area (Å²) in [6, 6.07) is 5.88. The van der Waals surface area contributed by atoms with E-state index < -0.39 is 0 Å². The second-order valence-corrected chi connectivity index (χ2v) is 5.40. The maximum absolute atomic E-state index is 5.97. The molecule has 0 aliphatic carbocycles. The summed E-state index contributed by atoms with van der Waals surface area (Å²) < 4.78 is 11.8. The van der Waals surface area contributed by atoms with Crippen LogP contribution in [0.4, 0.5) is 0 Å². The van der Waals surface area contributed by atoms with E-state index in [2.05, 4.69) is 29.9 Å². The number of hydrogen-bond donors (Lipinski definition) is 1. The van der Waals surface area contributed by atoms with Crippen LogP contribution in [-0.4, -0.2) is 15.6 Å². The number of ether oxygens (including phenoxy) is 2. The molecule has 0 bridgehead atoms. The first-order valence-electron chi connectivity index (χ1n) is 6.58. The van der Waals surface area contributed by atoms with Gasteiger partial charge in [-0.3, -0.25) is 4.98 Å². The monoisotopic (exact) mass is 271 g/mol. The van der Waals surface area contributed by atoms with Crippen molar-refractivity contribution in [3.63, 3.8) is 0 Å². The van der Waals surface area contributed by atoms with Gasteiger partial charge in [-0.2, -0.15) is 0 Å². The number of aromatic nitrogens is 2. The van der Waals surface area contributed by atoms with Gasteiger partial charge in [0.25, 0.3) is 0 Å². The normalized spacial score (nSPS) is 15.6. The molecule has 0 fully saturated rings. The van der Waals surface area contributed by atoms with Gasteiger partial charge >= 0.3 is 0 Å². The Hall–Kier alpha value is -2.14. The van der Waals surface area contributed by atoms with Gasteiger partial charge in [-0.05, 0) is 19.9 Å². The lowest BCUT2D eigenvalue weighted by Gasteiger charge is -2.18. The zero-order valence-electron chi connectivity index (χ0n) is 11.6. The van der Waals surface area contributed by atoms with Crippen molar-refractivity contribution < 1.29 is 9.47 Å². The van der Waals surface area contributed by atoms with E-state index in [0.717, 1.165) is 17.7 Å². The number of hydrogen-bond acceptors (Lipinski definition) is 5. The highest BCUT2D eigenvalue weighted by Gasteiger charge is 2.32. The average Bonchev–Trinajstić information content (AvgIpc) is 2.74. The Bertz CT molecular complexity index is 641. The van der Waals surface area contributed by atoms with Crippen LogP contribution in [0.3, 0.4) is 0 Å². The fourth-order valence-electron chi connectivity index (χ4n) is 2.35. The van der Waals surface area contributed by atoms with E-state index in [0.29, 0.717) is 17.3 Å². The van der Waals surface area contributed by atoms with Crippen LogP contribution in [0.1, 0.15) is 25.1 Å². The van der Waals surface area contributed by atoms with Gasteiger partial charge in [-0.15, -0.1) is 0 Å². The summed E-state index contributed by atoms with van der Waals surface area (Å²) in [6.45, 7) is 4.40. The molecule has 2 heterocycles. The first kappa shape index (κ1) is 12.9. The molecule has 0 unspecified atom stereocenters. The van der Waals surface area contributed by atoms with Crippen LogP contribution in [0.2, 0.25) is 0 Å². The van der Waals surface area contributed by atoms with Crippen LogP contribution in [-0.2, 0) is 13.0 Å². The highest BCUT2D eigenvalue weighted by molar-refractivity contribution is 5.51. The van der Waals surface area contributed by atoms with Crippen molar-refractivity contribution in [2.45, 2.75) is 32.4 Å². The summed E-state index contributed by atoms with van der Waals surface area (Å²) in [5, 5.41) is 0. The molecule has 5 heteroatoms. The fraction of sp³-hybridized carbons (Fsp3) is 0.333. The van der Waals surface area contributed by atoms with Crippen LogP contribution in [0.15, 0.2) is 30.6 Å². The molecule has 0 amide bonds. The average molecular weight is 271 g/mol. The van der Waals surface area contributed by atoms with Crippen molar-refractivity contribution in [3.05, 3.63) is 41.9 Å². The third kappa shape index (κ3) is 2.32. The van der Waals surface area contributed by atoms with Crippen molar-refractivity contribution in [3.8, 4) is 17.4 Å². The zero-order chi connectivity index (χ0) is 14.2. The molecule has 0 saturated heterocycles. The molecule has 0 atom stereocenters. The van der Waals surface area contributed by atoms with Gasteiger partial charge < -0.3 is 15.2 Å². The second-order valence-electron chi connectivity index (χ2n) is 5.40. The van der Waals surface area contributed by atoms with E-state index in [-0.39, 0.29) is 12.1 Å². The molecule has 1 aromatic carbocycles. The smallest absolute Gasteiger partial charge is 0.242 e. The van der Waals surface area contributed by atoms with E-state index in [9.17, 15) is 0 Å². The molecule has 2 aromatic rings. The minimum Gasteiger partial charge on any atom is -0.483 e. The SMILES string of the molecule is CC1(C)Cc2cccc(Oc3nccnc3CN)c2O1. The molecule has 0 radical (unpaired) electrons.